The second kappa shape index (κ2) is 15.3. The first kappa shape index (κ1) is 27.2. The summed E-state index contributed by atoms with van der Waals surface area (Å²) in [6.07, 6.45) is 2.39. The molecule has 245 valence electrons. The molecule has 0 saturated heterocycles. The zero-order valence-electron chi connectivity index (χ0n) is 33.1. The fourth-order valence-corrected chi connectivity index (χ4v) is 6.71. The predicted octanol–water partition coefficient (Wildman–Crippen LogP) is 11.7. The molecule has 0 unspecified atom stereocenters. The molecule has 5 aromatic carbocycles. The van der Waals surface area contributed by atoms with E-state index in [1.165, 1.54) is 51.2 Å². The van der Waals surface area contributed by atoms with E-state index in [1.807, 2.05) is 0 Å². The van der Waals surface area contributed by atoms with Gasteiger partial charge in [-0.2, -0.15) is 0 Å². The second-order valence-electron chi connectivity index (χ2n) is 12.1. The molecule has 0 amide bonds. The topological polar surface area (TPSA) is 30.7 Å². The van der Waals surface area contributed by atoms with E-state index >= 15 is 0 Å². The average Bonchev–Trinajstić information content (AvgIpc) is 3.76. The van der Waals surface area contributed by atoms with E-state index in [1.54, 1.807) is 23.5 Å². The molecule has 0 aliphatic carbocycles. The fraction of sp³-hybridized carbons (Fsp3) is 0.136. The normalized spacial score (nSPS) is 13.3. The summed E-state index contributed by atoms with van der Waals surface area (Å²) in [5.41, 5.74) is 9.63. The largest absolute Gasteiger partial charge is 0.333 e. The van der Waals surface area contributed by atoms with Crippen molar-refractivity contribution in [3.05, 3.63) is 162 Å². The van der Waals surface area contributed by atoms with E-state index in [0.717, 1.165) is 34.5 Å². The van der Waals surface area contributed by atoms with Crippen molar-refractivity contribution in [2.75, 3.05) is 0 Å². The van der Waals surface area contributed by atoms with Gasteiger partial charge in [0.2, 0.25) is 0 Å². The van der Waals surface area contributed by atoms with Crippen LogP contribution in [0.3, 0.4) is 0 Å². The number of hydrogen-bond donors (Lipinski definition) is 0. The Labute approximate surface area is 315 Å². The third kappa shape index (κ3) is 7.65. The van der Waals surface area contributed by atoms with Crippen molar-refractivity contribution in [3.8, 4) is 39.5 Å². The van der Waals surface area contributed by atoms with E-state index in [0.29, 0.717) is 17.2 Å². The van der Waals surface area contributed by atoms with Crippen LogP contribution in [-0.2, 0) is 26.5 Å². The van der Waals surface area contributed by atoms with Crippen LogP contribution in [0.1, 0.15) is 38.8 Å². The Morgan fingerprint density at radius 2 is 1.55 bits per heavy atom. The molecular weight excluding hydrogens is 795 g/mol. The molecule has 3 aromatic heterocycles. The van der Waals surface area contributed by atoms with Gasteiger partial charge in [0.15, 0.2) is 0 Å². The number of para-hydroxylation sites is 2. The predicted molar refractivity (Wildman–Crippen MR) is 203 cm³/mol. The van der Waals surface area contributed by atoms with Gasteiger partial charge in [-0.3, -0.25) is 16.3 Å². The molecule has 0 aliphatic rings. The van der Waals surface area contributed by atoms with Crippen molar-refractivity contribution < 1.29 is 28.3 Å². The van der Waals surface area contributed by atoms with Crippen LogP contribution in [-0.4, -0.2) is 14.5 Å². The van der Waals surface area contributed by atoms with Gasteiger partial charge in [-0.15, -0.1) is 46.8 Å². The number of hydrogen-bond acceptors (Lipinski definition) is 3. The first-order valence-electron chi connectivity index (χ1n) is 18.9. The third-order valence-corrected chi connectivity index (χ3v) is 8.96. The van der Waals surface area contributed by atoms with Crippen molar-refractivity contribution in [1.29, 1.82) is 0 Å². The monoisotopic (exact) mass is 838 g/mol. The quantitative estimate of drug-likeness (QED) is 0.156. The first-order valence-corrected chi connectivity index (χ1v) is 16.7. The number of fused-ring (bicyclic) bond motifs is 2. The third-order valence-electron chi connectivity index (χ3n) is 8.09. The molecule has 3 nitrogen and oxygen atoms in total. The second-order valence-corrected chi connectivity index (χ2v) is 13.0. The number of aromatic nitrogens is 3. The first-order chi connectivity index (χ1) is 25.8. The zero-order chi connectivity index (χ0) is 38.0. The molecular formula is C44H37IrN3S-2. The molecule has 0 spiro atoms. The molecule has 0 fully saturated rings. The Bertz CT molecular complexity index is 2450. The van der Waals surface area contributed by atoms with E-state index < -0.39 is 13.7 Å². The van der Waals surface area contributed by atoms with E-state index in [2.05, 4.69) is 132 Å². The van der Waals surface area contributed by atoms with E-state index in [9.17, 15) is 0 Å². The van der Waals surface area contributed by atoms with Gasteiger partial charge >= 0.3 is 0 Å². The van der Waals surface area contributed by atoms with Crippen LogP contribution in [0.25, 0.3) is 60.6 Å². The molecule has 3 heterocycles. The summed E-state index contributed by atoms with van der Waals surface area (Å²) in [4.78, 5) is 9.15. The van der Waals surface area contributed by atoms with Gasteiger partial charge in [0.1, 0.15) is 0 Å². The number of thiophene rings is 1. The molecule has 5 heteroatoms. The maximum atomic E-state index is 7.28. The van der Waals surface area contributed by atoms with Gasteiger partial charge in [0.05, 0.1) is 16.9 Å². The van der Waals surface area contributed by atoms with Crippen LogP contribution >= 0.6 is 11.3 Å². The summed E-state index contributed by atoms with van der Waals surface area (Å²) in [7, 11) is 0. The number of nitrogens with zero attached hydrogens (tertiary/aromatic N) is 3. The molecule has 8 aromatic rings. The molecule has 0 saturated carbocycles. The summed E-state index contributed by atoms with van der Waals surface area (Å²) >= 11 is 1.69. The zero-order valence-corrected chi connectivity index (χ0v) is 30.3. The van der Waals surface area contributed by atoms with Crippen molar-refractivity contribution in [2.45, 2.75) is 34.0 Å². The van der Waals surface area contributed by atoms with Crippen molar-refractivity contribution in [2.24, 2.45) is 5.92 Å². The van der Waals surface area contributed by atoms with Crippen molar-refractivity contribution in [3.63, 3.8) is 0 Å². The van der Waals surface area contributed by atoms with Crippen LogP contribution < -0.4 is 0 Å². The summed E-state index contributed by atoms with van der Waals surface area (Å²) in [5, 5.41) is 4.79. The van der Waals surface area contributed by atoms with Gasteiger partial charge in [0.25, 0.3) is 0 Å². The van der Waals surface area contributed by atoms with Crippen LogP contribution in [0, 0.1) is 31.1 Å². The van der Waals surface area contributed by atoms with Crippen molar-refractivity contribution in [1.82, 2.24) is 14.5 Å². The number of aryl methyl sites for hydroxylation is 2. The summed E-state index contributed by atoms with van der Waals surface area (Å²) in [6.45, 7) is 0.192. The minimum Gasteiger partial charge on any atom is -0.333 e. The fourth-order valence-electron chi connectivity index (χ4n) is 5.81. The minimum absolute atomic E-state index is 0. The molecule has 0 aliphatic heterocycles. The molecule has 0 bridgehead atoms. The Morgan fingerprint density at radius 1 is 0.796 bits per heavy atom. The van der Waals surface area contributed by atoms with E-state index in [4.69, 9.17) is 13.2 Å². The average molecular weight is 838 g/mol. The number of imidazole rings is 1. The van der Waals surface area contributed by atoms with Gasteiger partial charge in [0, 0.05) is 40.2 Å². The SMILES string of the molecule is CC(C)Cc1ccc2c(-c3nc4ccccc4n3-c3ccc(-c4ccccc4)cc3)[c-]sc2c1.[2H]C([2H])([2H])c1c[c-]c(-c2ccc(C([2H])([2H])[2H])cn2)cc1.[Ir]. The number of rotatable bonds is 6. The van der Waals surface area contributed by atoms with Crippen LogP contribution in [0.2, 0.25) is 0 Å². The van der Waals surface area contributed by atoms with Gasteiger partial charge in [-0.05, 0) is 65.8 Å². The summed E-state index contributed by atoms with van der Waals surface area (Å²) in [6, 6.07) is 44.9. The number of pyridine rings is 1. The minimum atomic E-state index is -2.18. The molecule has 0 N–H and O–H groups in total. The summed E-state index contributed by atoms with van der Waals surface area (Å²) < 4.78 is 47.2. The molecule has 1 radical (unpaired) electrons. The van der Waals surface area contributed by atoms with Crippen LogP contribution in [0.5, 0.6) is 0 Å². The maximum absolute atomic E-state index is 7.28. The van der Waals surface area contributed by atoms with Gasteiger partial charge in [-0.25, -0.2) is 0 Å². The number of benzene rings is 5. The van der Waals surface area contributed by atoms with Gasteiger partial charge < -0.3 is 9.55 Å². The smallest absolute Gasteiger partial charge is 0.0774 e. The standard InChI is InChI=1S/C31H25N2S.C13H12N.Ir/c1-21(2)18-22-12-17-26-27(20-34-30(26)19-22)31-32-28-10-6-7-11-29(28)33(31)25-15-13-24(14-16-25)23-8-4-3-5-9-23;1-10-3-6-12(7-4-10)13-8-5-11(2)9-14-13;/h3-17,19,21H,18H2,1-2H3;3-6,8-9H,1-2H3;/q2*-1;/i;1D3,2D3;. The van der Waals surface area contributed by atoms with Crippen LogP contribution in [0.15, 0.2) is 134 Å². The molecule has 0 atom stereocenters. The maximum Gasteiger partial charge on any atom is 0.0774 e. The van der Waals surface area contributed by atoms with E-state index in [-0.39, 0.29) is 31.2 Å². The molecule has 8 rings (SSSR count). The Hall–Kier alpha value is -4.67. The molecule has 49 heavy (non-hydrogen) atoms. The van der Waals surface area contributed by atoms with Gasteiger partial charge in [-0.1, -0.05) is 121 Å². The van der Waals surface area contributed by atoms with Crippen molar-refractivity contribution >= 4 is 32.5 Å². The van der Waals surface area contributed by atoms with Crippen LogP contribution in [0.4, 0.5) is 0 Å². The summed E-state index contributed by atoms with van der Waals surface area (Å²) in [5.74, 6) is 1.58. The Kier molecular flexibility index (Phi) is 8.47. The Morgan fingerprint density at radius 3 is 2.27 bits per heavy atom. The Balaban J connectivity index is 0.000000211.